The van der Waals surface area contributed by atoms with Crippen LogP contribution in [0.1, 0.15) is 19.3 Å². The zero-order chi connectivity index (χ0) is 22.5. The van der Waals surface area contributed by atoms with Gasteiger partial charge in [0.15, 0.2) is 6.61 Å². The summed E-state index contributed by atoms with van der Waals surface area (Å²) in [7, 11) is 1.27. The van der Waals surface area contributed by atoms with E-state index in [1.807, 2.05) is 0 Å². The highest BCUT2D eigenvalue weighted by atomic mass is 19.1. The Morgan fingerprint density at radius 2 is 1.87 bits per heavy atom. The molecule has 30 heavy (non-hydrogen) atoms. The summed E-state index contributed by atoms with van der Waals surface area (Å²) in [4.78, 5) is 43.4. The number of rotatable bonds is 8. The second-order valence-electron chi connectivity index (χ2n) is 6.37. The molecule has 0 spiro atoms. The number of ether oxygens (including phenoxy) is 2. The van der Waals surface area contributed by atoms with E-state index >= 15 is 0 Å². The number of carboxylic acid groups (broad SMARTS) is 1. The van der Waals surface area contributed by atoms with Gasteiger partial charge in [-0.3, -0.25) is 19.2 Å². The van der Waals surface area contributed by atoms with Gasteiger partial charge in [0, 0.05) is 12.5 Å². The van der Waals surface area contributed by atoms with E-state index in [2.05, 4.69) is 15.4 Å². The van der Waals surface area contributed by atoms with Gasteiger partial charge in [-0.2, -0.15) is 0 Å². The number of halogens is 1. The summed E-state index contributed by atoms with van der Waals surface area (Å²) in [6.07, 6.45) is -0.282. The van der Waals surface area contributed by atoms with Crippen molar-refractivity contribution in [2.45, 2.75) is 31.4 Å². The molecule has 0 heterocycles. The first-order valence-electron chi connectivity index (χ1n) is 9.08. The van der Waals surface area contributed by atoms with Crippen LogP contribution in [0.15, 0.2) is 24.3 Å². The number of methoxy groups -OCH3 is 1. The first-order valence-corrected chi connectivity index (χ1v) is 9.08. The molecule has 0 aliphatic heterocycles. The van der Waals surface area contributed by atoms with Gasteiger partial charge in [-0.25, -0.2) is 4.39 Å². The molecule has 0 bridgehead atoms. The predicted octanol–water partition coefficient (Wildman–Crippen LogP) is -0.160. The van der Waals surface area contributed by atoms with Crippen LogP contribution in [0.5, 0.6) is 5.75 Å². The van der Waals surface area contributed by atoms with Gasteiger partial charge in [-0.1, -0.05) is 0 Å². The van der Waals surface area contributed by atoms with Crippen LogP contribution in [0, 0.1) is 11.7 Å². The average molecular weight is 428 g/mol. The molecule has 0 saturated heterocycles. The van der Waals surface area contributed by atoms with Crippen LogP contribution >= 0.6 is 0 Å². The normalized spacial score (nSPS) is 19.6. The van der Waals surface area contributed by atoms with Gasteiger partial charge in [0.25, 0.3) is 12.4 Å². The van der Waals surface area contributed by atoms with E-state index in [0.29, 0.717) is 5.75 Å². The van der Waals surface area contributed by atoms with Crippen LogP contribution in [-0.2, 0) is 23.9 Å². The van der Waals surface area contributed by atoms with Gasteiger partial charge in [-0.05, 0) is 37.1 Å². The summed E-state index contributed by atoms with van der Waals surface area (Å²) >= 11 is 0. The van der Waals surface area contributed by atoms with Gasteiger partial charge in [0.1, 0.15) is 11.6 Å². The monoisotopic (exact) mass is 428 g/mol. The van der Waals surface area contributed by atoms with Crippen molar-refractivity contribution in [3.63, 3.8) is 0 Å². The molecular weight excluding hydrogens is 403 g/mol. The topological polar surface area (TPSA) is 151 Å². The highest BCUT2D eigenvalue weighted by Gasteiger charge is 2.37. The van der Waals surface area contributed by atoms with E-state index in [-0.39, 0.29) is 44.8 Å². The molecule has 2 amide bonds. The third kappa shape index (κ3) is 8.86. The Kier molecular flexibility index (Phi) is 10.8. The first-order chi connectivity index (χ1) is 14.3. The summed E-state index contributed by atoms with van der Waals surface area (Å²) in [5, 5.41) is 22.2. The van der Waals surface area contributed by atoms with Crippen LogP contribution in [0.2, 0.25) is 0 Å². The maximum Gasteiger partial charge on any atom is 0.307 e. The van der Waals surface area contributed by atoms with Gasteiger partial charge in [-0.15, -0.1) is 0 Å². The van der Waals surface area contributed by atoms with Crippen molar-refractivity contribution in [1.82, 2.24) is 10.6 Å². The number of hydrogen-bond acceptors (Lipinski definition) is 7. The molecule has 0 radical (unpaired) electrons. The molecule has 1 aliphatic rings. The fourth-order valence-corrected chi connectivity index (χ4v) is 2.85. The fraction of sp³-hybridized carbons (Fsp3) is 0.474. The SMILES string of the molecule is COC(=O)CCNC(=O)[C@@H]1C[C@@H](O)[C@H](NC(=O)COc2ccc(F)cc2)C1.O=CO. The van der Waals surface area contributed by atoms with Gasteiger partial charge in [0.05, 0.1) is 25.7 Å². The van der Waals surface area contributed by atoms with Crippen molar-refractivity contribution in [2.24, 2.45) is 5.92 Å². The van der Waals surface area contributed by atoms with Crippen molar-refractivity contribution in [2.75, 3.05) is 20.3 Å². The molecule has 1 fully saturated rings. The summed E-state index contributed by atoms with van der Waals surface area (Å²) in [5.74, 6) is -1.67. The standard InChI is InChI=1S/C18H23FN2O6.CH2O2/c1-26-17(24)6-7-20-18(25)11-8-14(15(22)9-11)21-16(23)10-27-13-4-2-12(19)3-5-13;2-1-3/h2-5,11,14-15,22H,6-10H2,1H3,(H,20,25)(H,21,23);1H,(H,2,3)/t11-,14+,15+;/m0./s1. The summed E-state index contributed by atoms with van der Waals surface area (Å²) in [6.45, 7) is -0.383. The fourth-order valence-electron chi connectivity index (χ4n) is 2.85. The largest absolute Gasteiger partial charge is 0.484 e. The highest BCUT2D eigenvalue weighted by molar-refractivity contribution is 5.81. The lowest BCUT2D eigenvalue weighted by molar-refractivity contribution is -0.140. The molecule has 1 aromatic carbocycles. The average Bonchev–Trinajstić information content (AvgIpc) is 3.08. The lowest BCUT2D eigenvalue weighted by Gasteiger charge is -2.16. The Balaban J connectivity index is 0.00000141. The number of esters is 1. The minimum Gasteiger partial charge on any atom is -0.484 e. The molecule has 166 valence electrons. The Bertz CT molecular complexity index is 713. The van der Waals surface area contributed by atoms with Crippen molar-refractivity contribution >= 4 is 24.3 Å². The predicted molar refractivity (Wildman–Crippen MR) is 101 cm³/mol. The van der Waals surface area contributed by atoms with E-state index < -0.39 is 35.8 Å². The zero-order valence-corrected chi connectivity index (χ0v) is 16.4. The number of benzene rings is 1. The Morgan fingerprint density at radius 3 is 2.47 bits per heavy atom. The molecule has 3 atom stereocenters. The highest BCUT2D eigenvalue weighted by Crippen LogP contribution is 2.26. The molecule has 0 unspecified atom stereocenters. The Hall–Kier alpha value is -3.21. The van der Waals surface area contributed by atoms with Crippen molar-refractivity contribution in [1.29, 1.82) is 0 Å². The number of aliphatic hydroxyl groups is 1. The minimum absolute atomic E-state index is 0.0679. The van der Waals surface area contributed by atoms with Crippen LogP contribution < -0.4 is 15.4 Å². The quantitative estimate of drug-likeness (QED) is 0.329. The summed E-state index contributed by atoms with van der Waals surface area (Å²) < 4.78 is 22.6. The summed E-state index contributed by atoms with van der Waals surface area (Å²) in [6, 6.07) is 4.68. The molecular formula is C19H25FN2O8. The summed E-state index contributed by atoms with van der Waals surface area (Å²) in [5.41, 5.74) is 0. The maximum atomic E-state index is 12.8. The van der Waals surface area contributed by atoms with Crippen molar-refractivity contribution in [3.05, 3.63) is 30.1 Å². The lowest BCUT2D eigenvalue weighted by Crippen LogP contribution is -2.42. The third-order valence-corrected chi connectivity index (χ3v) is 4.29. The first kappa shape index (κ1) is 24.8. The molecule has 11 heteroatoms. The molecule has 10 nitrogen and oxygen atoms in total. The van der Waals surface area contributed by atoms with E-state index in [1.54, 1.807) is 0 Å². The molecule has 4 N–H and O–H groups in total. The Labute approximate surface area is 172 Å². The second-order valence-corrected chi connectivity index (χ2v) is 6.37. The van der Waals surface area contributed by atoms with Crippen LogP contribution in [-0.4, -0.2) is 66.9 Å². The number of amides is 2. The van der Waals surface area contributed by atoms with Crippen molar-refractivity contribution < 1.29 is 43.3 Å². The lowest BCUT2D eigenvalue weighted by atomic mass is 10.1. The number of hydrogen-bond donors (Lipinski definition) is 4. The number of aliphatic hydroxyl groups excluding tert-OH is 1. The smallest absolute Gasteiger partial charge is 0.307 e. The molecule has 2 rings (SSSR count). The number of carbonyl (C=O) groups is 4. The second kappa shape index (κ2) is 13.1. The molecule has 1 aliphatic carbocycles. The number of carbonyl (C=O) groups excluding carboxylic acids is 3. The maximum absolute atomic E-state index is 12.8. The minimum atomic E-state index is -0.851. The van der Waals surface area contributed by atoms with E-state index in [0.717, 1.165) is 0 Å². The zero-order valence-electron chi connectivity index (χ0n) is 16.4. The Morgan fingerprint density at radius 1 is 1.23 bits per heavy atom. The van der Waals surface area contributed by atoms with Gasteiger partial charge >= 0.3 is 5.97 Å². The molecule has 1 aromatic rings. The van der Waals surface area contributed by atoms with Crippen molar-refractivity contribution in [3.8, 4) is 5.75 Å². The van der Waals surface area contributed by atoms with Gasteiger partial charge in [0.2, 0.25) is 5.91 Å². The van der Waals surface area contributed by atoms with Gasteiger partial charge < -0.3 is 30.3 Å². The molecule has 0 aromatic heterocycles. The molecule has 1 saturated carbocycles. The van der Waals surface area contributed by atoms with E-state index in [4.69, 9.17) is 14.6 Å². The van der Waals surface area contributed by atoms with E-state index in [1.165, 1.54) is 31.4 Å². The van der Waals surface area contributed by atoms with Crippen LogP contribution in [0.4, 0.5) is 4.39 Å². The van der Waals surface area contributed by atoms with Crippen LogP contribution in [0.25, 0.3) is 0 Å². The number of nitrogens with one attached hydrogen (secondary N) is 2. The third-order valence-electron chi connectivity index (χ3n) is 4.29. The van der Waals surface area contributed by atoms with Crippen LogP contribution in [0.3, 0.4) is 0 Å². The van der Waals surface area contributed by atoms with E-state index in [9.17, 15) is 23.9 Å².